The second-order valence-electron chi connectivity index (χ2n) is 4.80. The zero-order chi connectivity index (χ0) is 15.7. The minimum absolute atomic E-state index is 0.0771. The van der Waals surface area contributed by atoms with Gasteiger partial charge in [0.1, 0.15) is 5.82 Å². The first-order valence-electron chi connectivity index (χ1n) is 6.92. The molecule has 0 aliphatic rings. The number of unbranched alkanes of at least 4 members (excludes halogenated alkanes) is 4. The van der Waals surface area contributed by atoms with Crippen molar-refractivity contribution in [3.05, 3.63) is 34.6 Å². The maximum absolute atomic E-state index is 12.9. The van der Waals surface area contributed by atoms with Crippen molar-refractivity contribution in [3.63, 3.8) is 0 Å². The summed E-state index contributed by atoms with van der Waals surface area (Å²) in [7, 11) is 0. The number of carbonyl (C=O) groups is 2. The van der Waals surface area contributed by atoms with Gasteiger partial charge in [-0.05, 0) is 31.0 Å². The van der Waals surface area contributed by atoms with Crippen molar-refractivity contribution in [2.75, 3.05) is 0 Å². The molecule has 0 aromatic heterocycles. The van der Waals surface area contributed by atoms with Crippen LogP contribution < -0.4 is 5.90 Å². The summed E-state index contributed by atoms with van der Waals surface area (Å²) in [5.74, 6) is 3.79. The molecule has 4 nitrogen and oxygen atoms in total. The molecule has 0 unspecified atom stereocenters. The first kappa shape index (κ1) is 17.6. The number of carbonyl (C=O) groups excluding carboxylic acids is 2. The molecule has 0 aliphatic carbocycles. The van der Waals surface area contributed by atoms with Crippen LogP contribution in [0.15, 0.2) is 18.2 Å². The van der Waals surface area contributed by atoms with E-state index in [9.17, 15) is 14.0 Å². The Bertz CT molecular complexity index is 494. The van der Waals surface area contributed by atoms with E-state index >= 15 is 0 Å². The zero-order valence-corrected chi connectivity index (χ0v) is 12.5. The molecule has 0 heterocycles. The van der Waals surface area contributed by atoms with Gasteiger partial charge in [0.25, 0.3) is 0 Å². The van der Waals surface area contributed by atoms with E-state index in [1.807, 2.05) is 0 Å². The number of hydrogen-bond acceptors (Lipinski definition) is 4. The molecule has 0 saturated heterocycles. The van der Waals surface area contributed by atoms with Crippen LogP contribution in [0.2, 0.25) is 5.02 Å². The van der Waals surface area contributed by atoms with Crippen molar-refractivity contribution >= 4 is 23.4 Å². The minimum Gasteiger partial charge on any atom is -0.373 e. The van der Waals surface area contributed by atoms with Gasteiger partial charge in [-0.2, -0.15) is 5.90 Å². The lowest BCUT2D eigenvalue weighted by Crippen LogP contribution is -2.09. The van der Waals surface area contributed by atoms with E-state index in [1.54, 1.807) is 0 Å². The van der Waals surface area contributed by atoms with Crippen molar-refractivity contribution in [2.24, 2.45) is 5.90 Å². The van der Waals surface area contributed by atoms with Gasteiger partial charge in [0.05, 0.1) is 5.02 Å². The average molecular weight is 316 g/mol. The molecule has 1 aromatic carbocycles. The Morgan fingerprint density at radius 1 is 1.10 bits per heavy atom. The summed E-state index contributed by atoms with van der Waals surface area (Å²) in [5.41, 5.74) is 0.365. The van der Waals surface area contributed by atoms with Crippen LogP contribution in [0.1, 0.15) is 55.3 Å². The van der Waals surface area contributed by atoms with Gasteiger partial charge >= 0.3 is 5.97 Å². The lowest BCUT2D eigenvalue weighted by Gasteiger charge is -2.04. The van der Waals surface area contributed by atoms with Gasteiger partial charge in [0, 0.05) is 18.4 Å². The maximum Gasteiger partial charge on any atom is 0.324 e. The summed E-state index contributed by atoms with van der Waals surface area (Å²) in [6.45, 7) is 0. The average Bonchev–Trinajstić information content (AvgIpc) is 2.45. The molecule has 0 saturated carbocycles. The molecule has 0 spiro atoms. The molecule has 6 heteroatoms. The van der Waals surface area contributed by atoms with E-state index in [4.69, 9.17) is 17.5 Å². The lowest BCUT2D eigenvalue weighted by molar-refractivity contribution is -0.144. The van der Waals surface area contributed by atoms with Gasteiger partial charge in [0.2, 0.25) is 0 Å². The summed E-state index contributed by atoms with van der Waals surface area (Å²) >= 11 is 5.83. The Hall–Kier alpha value is -1.46. The van der Waals surface area contributed by atoms with Crippen molar-refractivity contribution in [3.8, 4) is 0 Å². The highest BCUT2D eigenvalue weighted by Gasteiger charge is 2.10. The van der Waals surface area contributed by atoms with E-state index < -0.39 is 11.8 Å². The van der Waals surface area contributed by atoms with Crippen LogP contribution in [-0.4, -0.2) is 11.8 Å². The summed E-state index contributed by atoms with van der Waals surface area (Å²) in [6, 6.07) is 3.79. The molecule has 0 radical (unpaired) electrons. The zero-order valence-electron chi connectivity index (χ0n) is 11.7. The number of Topliss-reactive ketones (excluding diaryl/α,β-unsaturated/α-hetero) is 1. The van der Waals surface area contributed by atoms with E-state index in [0.717, 1.165) is 38.2 Å². The van der Waals surface area contributed by atoms with Gasteiger partial charge in [0.15, 0.2) is 5.78 Å². The summed E-state index contributed by atoms with van der Waals surface area (Å²) in [5, 5.41) is 0.153. The second kappa shape index (κ2) is 9.47. The smallest absolute Gasteiger partial charge is 0.324 e. The van der Waals surface area contributed by atoms with Crippen LogP contribution in [0.5, 0.6) is 0 Å². The third-order valence-electron chi connectivity index (χ3n) is 3.15. The fraction of sp³-hybridized carbons (Fsp3) is 0.467. The van der Waals surface area contributed by atoms with Crippen molar-refractivity contribution in [1.29, 1.82) is 0 Å². The van der Waals surface area contributed by atoms with Gasteiger partial charge in [-0.15, -0.1) is 0 Å². The Kier molecular flexibility index (Phi) is 7.93. The number of nitrogens with two attached hydrogens (primary N) is 1. The van der Waals surface area contributed by atoms with Crippen LogP contribution >= 0.6 is 11.6 Å². The van der Waals surface area contributed by atoms with E-state index in [-0.39, 0.29) is 10.8 Å². The normalized spacial score (nSPS) is 10.4. The fourth-order valence-corrected chi connectivity index (χ4v) is 2.27. The second-order valence-corrected chi connectivity index (χ2v) is 5.21. The van der Waals surface area contributed by atoms with Gasteiger partial charge in [-0.25, -0.2) is 4.39 Å². The molecule has 2 N–H and O–H groups in total. The molecule has 0 fully saturated rings. The summed E-state index contributed by atoms with van der Waals surface area (Å²) in [4.78, 5) is 26.7. The molecular formula is C15H19ClFNO3. The molecule has 0 atom stereocenters. The van der Waals surface area contributed by atoms with Crippen LogP contribution in [-0.2, 0) is 9.63 Å². The number of hydrogen-bond donors (Lipinski definition) is 1. The van der Waals surface area contributed by atoms with Crippen LogP contribution in [0.3, 0.4) is 0 Å². The Morgan fingerprint density at radius 3 is 2.33 bits per heavy atom. The van der Waals surface area contributed by atoms with Crippen LogP contribution in [0.4, 0.5) is 4.39 Å². The van der Waals surface area contributed by atoms with Crippen molar-refractivity contribution in [1.82, 2.24) is 0 Å². The Morgan fingerprint density at radius 2 is 1.71 bits per heavy atom. The van der Waals surface area contributed by atoms with E-state index in [2.05, 4.69) is 4.84 Å². The van der Waals surface area contributed by atoms with Crippen molar-refractivity contribution < 1.29 is 18.8 Å². The topological polar surface area (TPSA) is 69.4 Å². The largest absolute Gasteiger partial charge is 0.373 e. The first-order valence-corrected chi connectivity index (χ1v) is 7.30. The predicted molar refractivity (Wildman–Crippen MR) is 78.3 cm³/mol. The van der Waals surface area contributed by atoms with Gasteiger partial charge < -0.3 is 4.84 Å². The summed E-state index contributed by atoms with van der Waals surface area (Å²) in [6.07, 6.45) is 4.89. The van der Waals surface area contributed by atoms with Gasteiger partial charge in [-0.3, -0.25) is 9.59 Å². The predicted octanol–water partition coefficient (Wildman–Crippen LogP) is 3.81. The van der Waals surface area contributed by atoms with Crippen molar-refractivity contribution in [2.45, 2.75) is 44.9 Å². The number of ketones is 1. The lowest BCUT2D eigenvalue weighted by atomic mass is 10.0. The number of halogens is 2. The maximum atomic E-state index is 12.9. The summed E-state index contributed by atoms with van der Waals surface area (Å²) < 4.78 is 12.9. The molecule has 0 amide bonds. The molecule has 0 aliphatic heterocycles. The first-order chi connectivity index (χ1) is 10.0. The monoisotopic (exact) mass is 315 g/mol. The standard InChI is InChI=1S/C15H19ClFNO3/c16-13-10-11(17)8-9-12(13)14(19)6-4-2-1-3-5-7-15(20)21-18/h8-10H,1-7,18H2. The minimum atomic E-state index is -0.451. The number of benzene rings is 1. The number of rotatable bonds is 9. The third kappa shape index (κ3) is 6.69. The highest BCUT2D eigenvalue weighted by molar-refractivity contribution is 6.33. The van der Waals surface area contributed by atoms with E-state index in [1.165, 1.54) is 12.1 Å². The molecule has 1 rings (SSSR count). The molecule has 21 heavy (non-hydrogen) atoms. The quantitative estimate of drug-likeness (QED) is 0.427. The fourth-order valence-electron chi connectivity index (χ4n) is 1.99. The third-order valence-corrected chi connectivity index (χ3v) is 3.46. The molecular weight excluding hydrogens is 297 g/mol. The Labute approximate surface area is 128 Å². The van der Waals surface area contributed by atoms with Crippen LogP contribution in [0.25, 0.3) is 0 Å². The molecule has 116 valence electrons. The highest BCUT2D eigenvalue weighted by Crippen LogP contribution is 2.20. The highest BCUT2D eigenvalue weighted by atomic mass is 35.5. The van der Waals surface area contributed by atoms with Gasteiger partial charge in [-0.1, -0.05) is 30.9 Å². The molecule has 1 aromatic rings. The molecule has 0 bridgehead atoms. The van der Waals surface area contributed by atoms with Crippen LogP contribution in [0, 0.1) is 5.82 Å². The van der Waals surface area contributed by atoms with E-state index in [0.29, 0.717) is 18.4 Å². The Balaban J connectivity index is 2.18. The SMILES string of the molecule is NOC(=O)CCCCCCCC(=O)c1ccc(F)cc1Cl.